The minimum atomic E-state index is -0.0886. The number of hydrogen-bond donors (Lipinski definition) is 0. The summed E-state index contributed by atoms with van der Waals surface area (Å²) in [6.07, 6.45) is 2.70. The molecule has 2 aromatic heterocycles. The van der Waals surface area contributed by atoms with Crippen molar-refractivity contribution in [3.8, 4) is 0 Å². The molecule has 4 rings (SSSR count). The van der Waals surface area contributed by atoms with E-state index in [0.717, 1.165) is 17.9 Å². The van der Waals surface area contributed by atoms with Gasteiger partial charge in [0, 0.05) is 31.3 Å². The summed E-state index contributed by atoms with van der Waals surface area (Å²) in [4.78, 5) is 22.8. The fraction of sp³-hybridized carbons (Fsp3) is 0.500. The number of rotatable bonds is 2. The average molecular weight is 314 g/mol. The van der Waals surface area contributed by atoms with Gasteiger partial charge >= 0.3 is 0 Å². The Labute approximate surface area is 133 Å². The molecule has 1 amide bonds. The third kappa shape index (κ3) is 2.61. The molecular formula is C16H18N4O3. The maximum Gasteiger partial charge on any atom is 0.276 e. The van der Waals surface area contributed by atoms with Gasteiger partial charge in [0.2, 0.25) is 0 Å². The predicted octanol–water partition coefficient (Wildman–Crippen LogP) is 1.68. The van der Waals surface area contributed by atoms with Crippen molar-refractivity contribution in [1.82, 2.24) is 20.0 Å². The van der Waals surface area contributed by atoms with Gasteiger partial charge in [0.25, 0.3) is 5.91 Å². The molecule has 0 radical (unpaired) electrons. The highest BCUT2D eigenvalue weighted by Crippen LogP contribution is 2.40. The number of carbonyl (C=O) groups is 1. The van der Waals surface area contributed by atoms with Gasteiger partial charge in [-0.1, -0.05) is 5.16 Å². The van der Waals surface area contributed by atoms with E-state index in [0.29, 0.717) is 30.5 Å². The summed E-state index contributed by atoms with van der Waals surface area (Å²) in [7, 11) is 0. The highest BCUT2D eigenvalue weighted by molar-refractivity contribution is 5.92. The number of ether oxygens (including phenoxy) is 1. The molecule has 0 aliphatic carbocycles. The van der Waals surface area contributed by atoms with Crippen LogP contribution in [0.1, 0.15) is 40.3 Å². The summed E-state index contributed by atoms with van der Waals surface area (Å²) >= 11 is 0. The van der Waals surface area contributed by atoms with Crippen molar-refractivity contribution in [3.63, 3.8) is 0 Å². The van der Waals surface area contributed by atoms with Crippen LogP contribution in [0.4, 0.5) is 0 Å². The van der Waals surface area contributed by atoms with Crippen molar-refractivity contribution in [2.45, 2.75) is 32.5 Å². The lowest BCUT2D eigenvalue weighted by Gasteiger charge is -2.18. The Morgan fingerprint density at radius 3 is 2.91 bits per heavy atom. The Bertz CT molecular complexity index is 730. The number of aromatic nitrogens is 3. The Balaban J connectivity index is 1.43. The third-order valence-electron chi connectivity index (χ3n) is 4.50. The first-order chi connectivity index (χ1) is 11.1. The molecule has 0 spiro atoms. The quantitative estimate of drug-likeness (QED) is 0.839. The molecule has 2 aliphatic heterocycles. The molecule has 2 aliphatic rings. The van der Waals surface area contributed by atoms with Crippen molar-refractivity contribution >= 4 is 5.91 Å². The van der Waals surface area contributed by atoms with Gasteiger partial charge in [-0.15, -0.1) is 0 Å². The smallest absolute Gasteiger partial charge is 0.276 e. The molecular weight excluding hydrogens is 296 g/mol. The number of likely N-dealkylation sites (tertiary alicyclic amines) is 1. The molecule has 23 heavy (non-hydrogen) atoms. The van der Waals surface area contributed by atoms with Crippen LogP contribution in [0.3, 0.4) is 0 Å². The van der Waals surface area contributed by atoms with Crippen LogP contribution < -0.4 is 0 Å². The molecule has 120 valence electrons. The molecule has 7 nitrogen and oxygen atoms in total. The minimum absolute atomic E-state index is 0.00162. The van der Waals surface area contributed by atoms with E-state index in [1.807, 2.05) is 13.0 Å². The van der Waals surface area contributed by atoms with E-state index in [4.69, 9.17) is 9.26 Å². The summed E-state index contributed by atoms with van der Waals surface area (Å²) in [5, 5.41) is 3.80. The number of nitrogens with zero attached hydrogens (tertiary/aromatic N) is 4. The standard InChI is InChI=1S/C16H18N4O3/c1-9-5-13(19-23-9)16(21)20-7-11-6-14(22-15(11)8-20)12-3-4-17-10(2)18-12/h3-5,11,14-15H,6-8H2,1-2H3/t11-,14-,15+/m0/s1. The molecule has 3 atom stereocenters. The van der Waals surface area contributed by atoms with Crippen LogP contribution in [0, 0.1) is 19.8 Å². The number of carbonyl (C=O) groups excluding carboxylic acids is 1. The minimum Gasteiger partial charge on any atom is -0.366 e. The first-order valence-electron chi connectivity index (χ1n) is 7.78. The molecule has 7 heteroatoms. The summed E-state index contributed by atoms with van der Waals surface area (Å²) < 4.78 is 11.1. The third-order valence-corrected chi connectivity index (χ3v) is 4.50. The van der Waals surface area contributed by atoms with Gasteiger partial charge in [-0.25, -0.2) is 9.97 Å². The van der Waals surface area contributed by atoms with Crippen LogP contribution >= 0.6 is 0 Å². The van der Waals surface area contributed by atoms with E-state index in [9.17, 15) is 4.79 Å². The van der Waals surface area contributed by atoms with Crippen molar-refractivity contribution in [3.05, 3.63) is 41.3 Å². The lowest BCUT2D eigenvalue weighted by atomic mass is 10.0. The second-order valence-electron chi connectivity index (χ2n) is 6.22. The van der Waals surface area contributed by atoms with Crippen LogP contribution in [0.15, 0.2) is 22.9 Å². The molecule has 2 saturated heterocycles. The second-order valence-corrected chi connectivity index (χ2v) is 6.22. The monoisotopic (exact) mass is 314 g/mol. The Morgan fingerprint density at radius 2 is 2.22 bits per heavy atom. The fourth-order valence-electron chi connectivity index (χ4n) is 3.40. The summed E-state index contributed by atoms with van der Waals surface area (Å²) in [5.41, 5.74) is 1.29. The highest BCUT2D eigenvalue weighted by atomic mass is 16.5. The molecule has 0 N–H and O–H groups in total. The number of amides is 1. The Kier molecular flexibility index (Phi) is 3.37. The molecule has 0 unspecified atom stereocenters. The van der Waals surface area contributed by atoms with Crippen molar-refractivity contribution in [2.75, 3.05) is 13.1 Å². The van der Waals surface area contributed by atoms with Crippen LogP contribution in [0.5, 0.6) is 0 Å². The van der Waals surface area contributed by atoms with Gasteiger partial charge in [-0.05, 0) is 26.3 Å². The number of hydrogen-bond acceptors (Lipinski definition) is 6. The lowest BCUT2D eigenvalue weighted by Crippen LogP contribution is -2.31. The molecule has 0 bridgehead atoms. The average Bonchev–Trinajstić information content (AvgIpc) is 3.20. The van der Waals surface area contributed by atoms with E-state index in [-0.39, 0.29) is 18.1 Å². The maximum absolute atomic E-state index is 12.4. The number of fused-ring (bicyclic) bond motifs is 1. The largest absolute Gasteiger partial charge is 0.366 e. The van der Waals surface area contributed by atoms with Gasteiger partial charge in [-0.3, -0.25) is 4.79 Å². The van der Waals surface area contributed by atoms with Gasteiger partial charge in [-0.2, -0.15) is 0 Å². The van der Waals surface area contributed by atoms with E-state index in [1.54, 1.807) is 24.1 Å². The highest BCUT2D eigenvalue weighted by Gasteiger charge is 2.44. The van der Waals surface area contributed by atoms with E-state index >= 15 is 0 Å². The maximum atomic E-state index is 12.4. The van der Waals surface area contributed by atoms with Gasteiger partial charge in [0.1, 0.15) is 17.7 Å². The van der Waals surface area contributed by atoms with Crippen LogP contribution in [-0.4, -0.2) is 45.1 Å². The van der Waals surface area contributed by atoms with Gasteiger partial charge in [0.15, 0.2) is 5.69 Å². The molecule has 2 aromatic rings. The van der Waals surface area contributed by atoms with Crippen LogP contribution in [0.25, 0.3) is 0 Å². The predicted molar refractivity (Wildman–Crippen MR) is 79.6 cm³/mol. The van der Waals surface area contributed by atoms with Gasteiger partial charge < -0.3 is 14.2 Å². The Hall–Kier alpha value is -2.28. The van der Waals surface area contributed by atoms with E-state index in [2.05, 4.69) is 15.1 Å². The zero-order valence-corrected chi connectivity index (χ0v) is 13.1. The SMILES string of the molecule is Cc1nccc([C@@H]2C[C@H]3CN(C(=O)c4cc(C)on4)C[C@H]3O2)n1. The first kappa shape index (κ1) is 14.3. The van der Waals surface area contributed by atoms with Crippen LogP contribution in [0.2, 0.25) is 0 Å². The summed E-state index contributed by atoms with van der Waals surface area (Å²) in [5.74, 6) is 1.64. The van der Waals surface area contributed by atoms with Gasteiger partial charge in [0.05, 0.1) is 11.8 Å². The lowest BCUT2D eigenvalue weighted by molar-refractivity contribution is 0.0332. The second kappa shape index (κ2) is 5.42. The van der Waals surface area contributed by atoms with Crippen molar-refractivity contribution in [2.24, 2.45) is 5.92 Å². The summed E-state index contributed by atoms with van der Waals surface area (Å²) in [6, 6.07) is 3.57. The molecule has 2 fully saturated rings. The zero-order valence-electron chi connectivity index (χ0n) is 13.1. The van der Waals surface area contributed by atoms with Crippen molar-refractivity contribution < 1.29 is 14.1 Å². The molecule has 0 aromatic carbocycles. The Morgan fingerprint density at radius 1 is 1.35 bits per heavy atom. The zero-order chi connectivity index (χ0) is 16.0. The summed E-state index contributed by atoms with van der Waals surface area (Å²) in [6.45, 7) is 4.94. The van der Waals surface area contributed by atoms with E-state index < -0.39 is 0 Å². The van der Waals surface area contributed by atoms with Crippen LogP contribution in [-0.2, 0) is 4.74 Å². The topological polar surface area (TPSA) is 81.4 Å². The molecule has 0 saturated carbocycles. The number of aryl methyl sites for hydroxylation is 2. The van der Waals surface area contributed by atoms with E-state index in [1.165, 1.54) is 0 Å². The first-order valence-corrected chi connectivity index (χ1v) is 7.78. The van der Waals surface area contributed by atoms with Crippen molar-refractivity contribution in [1.29, 1.82) is 0 Å². The molecule has 4 heterocycles. The fourth-order valence-corrected chi connectivity index (χ4v) is 3.40. The normalized spacial score (nSPS) is 26.5.